The van der Waals surface area contributed by atoms with Crippen molar-refractivity contribution in [2.24, 2.45) is 0 Å². The molecule has 0 atom stereocenters. The Hall–Kier alpha value is -1.32. The first kappa shape index (κ1) is 9.24. The van der Waals surface area contributed by atoms with E-state index in [-0.39, 0.29) is 0 Å². The summed E-state index contributed by atoms with van der Waals surface area (Å²) >= 11 is 0. The molecule has 1 fully saturated rings. The van der Waals surface area contributed by atoms with Crippen LogP contribution >= 0.6 is 0 Å². The van der Waals surface area contributed by atoms with Crippen LogP contribution in [0.2, 0.25) is 0 Å². The molecule has 0 amide bonds. The smallest absolute Gasteiger partial charge is 0.171 e. The Labute approximate surface area is 84.4 Å². The predicted molar refractivity (Wildman–Crippen MR) is 57.6 cm³/mol. The lowest BCUT2D eigenvalue weighted by Gasteiger charge is -2.28. The Bertz CT molecular complexity index is 307. The second-order valence-corrected chi connectivity index (χ2v) is 3.90. The van der Waals surface area contributed by atoms with Crippen molar-refractivity contribution in [3.8, 4) is 0 Å². The van der Waals surface area contributed by atoms with Gasteiger partial charge in [0.1, 0.15) is 0 Å². The Morgan fingerprint density at radius 1 is 1.29 bits per heavy atom. The summed E-state index contributed by atoms with van der Waals surface area (Å²) in [6.45, 7) is 0. The van der Waals surface area contributed by atoms with Crippen LogP contribution < -0.4 is 10.2 Å². The Balaban J connectivity index is 2.13. The molecule has 4 nitrogen and oxygen atoms in total. The normalized spacial score (nSPS) is 16.1. The van der Waals surface area contributed by atoms with Gasteiger partial charge in [-0.05, 0) is 19.3 Å². The monoisotopic (exact) mass is 192 g/mol. The molecule has 1 N–H and O–H groups in total. The molecule has 0 saturated heterocycles. The molecule has 0 aromatic carbocycles. The highest BCUT2D eigenvalue weighted by atomic mass is 15.2. The van der Waals surface area contributed by atoms with Crippen molar-refractivity contribution in [2.45, 2.75) is 25.3 Å². The third kappa shape index (κ3) is 1.78. The first-order valence-electron chi connectivity index (χ1n) is 5.02. The lowest BCUT2D eigenvalue weighted by molar-refractivity contribution is 0.444. The minimum atomic E-state index is 0.602. The number of nitrogens with zero attached hydrogens (tertiary/aromatic N) is 3. The largest absolute Gasteiger partial charge is 0.364 e. The summed E-state index contributed by atoms with van der Waals surface area (Å²) in [5, 5.41) is 3.41. The zero-order valence-electron chi connectivity index (χ0n) is 8.70. The maximum absolute atomic E-state index is 4.31. The van der Waals surface area contributed by atoms with Crippen molar-refractivity contribution in [2.75, 3.05) is 24.3 Å². The minimum absolute atomic E-state index is 0.602. The lowest BCUT2D eigenvalue weighted by atomic mass is 9.93. The standard InChI is InChI=1S/C10H16N4/c1-14(2)10-9(11-6-7-12-10)13-8-4-3-5-8/h6-8H,3-5H2,1-2H3,(H,11,13). The third-order valence-electron chi connectivity index (χ3n) is 2.55. The molecular formula is C10H16N4. The highest BCUT2D eigenvalue weighted by Crippen LogP contribution is 2.25. The second kappa shape index (κ2) is 3.82. The number of hydrogen-bond acceptors (Lipinski definition) is 4. The van der Waals surface area contributed by atoms with Gasteiger partial charge in [0, 0.05) is 32.5 Å². The number of anilines is 2. The maximum Gasteiger partial charge on any atom is 0.171 e. The van der Waals surface area contributed by atoms with E-state index in [2.05, 4.69) is 15.3 Å². The van der Waals surface area contributed by atoms with Gasteiger partial charge in [-0.1, -0.05) is 0 Å². The first-order valence-corrected chi connectivity index (χ1v) is 5.02. The van der Waals surface area contributed by atoms with E-state index in [1.807, 2.05) is 19.0 Å². The van der Waals surface area contributed by atoms with Gasteiger partial charge in [0.15, 0.2) is 11.6 Å². The molecule has 0 bridgehead atoms. The minimum Gasteiger partial charge on any atom is -0.364 e. The summed E-state index contributed by atoms with van der Waals surface area (Å²) in [4.78, 5) is 10.6. The fraction of sp³-hybridized carbons (Fsp3) is 0.600. The van der Waals surface area contributed by atoms with Gasteiger partial charge in [-0.25, -0.2) is 9.97 Å². The second-order valence-electron chi connectivity index (χ2n) is 3.90. The van der Waals surface area contributed by atoms with E-state index in [9.17, 15) is 0 Å². The molecule has 1 aliphatic carbocycles. The van der Waals surface area contributed by atoms with Crippen LogP contribution in [0.3, 0.4) is 0 Å². The van der Waals surface area contributed by atoms with Gasteiger partial charge in [-0.3, -0.25) is 0 Å². The molecule has 0 radical (unpaired) electrons. The van der Waals surface area contributed by atoms with E-state index in [0.717, 1.165) is 11.6 Å². The van der Waals surface area contributed by atoms with Crippen molar-refractivity contribution in [1.82, 2.24) is 9.97 Å². The molecule has 76 valence electrons. The lowest BCUT2D eigenvalue weighted by Crippen LogP contribution is -2.28. The fourth-order valence-corrected chi connectivity index (χ4v) is 1.51. The van der Waals surface area contributed by atoms with Crippen LogP contribution in [0.1, 0.15) is 19.3 Å². The average molecular weight is 192 g/mol. The number of aromatic nitrogens is 2. The van der Waals surface area contributed by atoms with Crippen LogP contribution in [0.4, 0.5) is 11.6 Å². The highest BCUT2D eigenvalue weighted by molar-refractivity contribution is 5.60. The topological polar surface area (TPSA) is 41.1 Å². The average Bonchev–Trinajstić information content (AvgIpc) is 2.12. The van der Waals surface area contributed by atoms with Crippen molar-refractivity contribution >= 4 is 11.6 Å². The SMILES string of the molecule is CN(C)c1nccnc1NC1CCC1. The first-order chi connectivity index (χ1) is 6.77. The number of rotatable bonds is 3. The van der Waals surface area contributed by atoms with Gasteiger partial charge in [-0.2, -0.15) is 0 Å². The van der Waals surface area contributed by atoms with E-state index in [4.69, 9.17) is 0 Å². The van der Waals surface area contributed by atoms with E-state index >= 15 is 0 Å². The molecule has 0 spiro atoms. The summed E-state index contributed by atoms with van der Waals surface area (Å²) < 4.78 is 0. The predicted octanol–water partition coefficient (Wildman–Crippen LogP) is 1.51. The van der Waals surface area contributed by atoms with Gasteiger partial charge in [-0.15, -0.1) is 0 Å². The zero-order chi connectivity index (χ0) is 9.97. The summed E-state index contributed by atoms with van der Waals surface area (Å²) in [5.41, 5.74) is 0. The van der Waals surface area contributed by atoms with Crippen LogP contribution in [-0.2, 0) is 0 Å². The molecule has 0 aliphatic heterocycles. The maximum atomic E-state index is 4.31. The molecule has 1 aromatic rings. The number of nitrogens with one attached hydrogen (secondary N) is 1. The van der Waals surface area contributed by atoms with Crippen LogP contribution in [0.25, 0.3) is 0 Å². The Morgan fingerprint density at radius 3 is 2.57 bits per heavy atom. The Morgan fingerprint density at radius 2 is 2.00 bits per heavy atom. The van der Waals surface area contributed by atoms with Crippen LogP contribution in [0.15, 0.2) is 12.4 Å². The number of hydrogen-bond donors (Lipinski definition) is 1. The summed E-state index contributed by atoms with van der Waals surface area (Å²) in [6.07, 6.45) is 7.29. The van der Waals surface area contributed by atoms with Gasteiger partial charge < -0.3 is 10.2 Å². The van der Waals surface area contributed by atoms with Gasteiger partial charge in [0.2, 0.25) is 0 Å². The molecule has 2 rings (SSSR count). The van der Waals surface area contributed by atoms with Crippen molar-refractivity contribution in [3.05, 3.63) is 12.4 Å². The van der Waals surface area contributed by atoms with E-state index in [0.29, 0.717) is 6.04 Å². The van der Waals surface area contributed by atoms with Gasteiger partial charge in [0.05, 0.1) is 0 Å². The van der Waals surface area contributed by atoms with Crippen LogP contribution in [-0.4, -0.2) is 30.1 Å². The quantitative estimate of drug-likeness (QED) is 0.788. The van der Waals surface area contributed by atoms with Crippen molar-refractivity contribution in [1.29, 1.82) is 0 Å². The Kier molecular flexibility index (Phi) is 2.52. The zero-order valence-corrected chi connectivity index (χ0v) is 8.70. The summed E-state index contributed by atoms with van der Waals surface area (Å²) in [7, 11) is 3.96. The molecule has 1 aromatic heterocycles. The highest BCUT2D eigenvalue weighted by Gasteiger charge is 2.19. The van der Waals surface area contributed by atoms with Crippen LogP contribution in [0, 0.1) is 0 Å². The van der Waals surface area contributed by atoms with Crippen LogP contribution in [0.5, 0.6) is 0 Å². The van der Waals surface area contributed by atoms with E-state index in [1.165, 1.54) is 19.3 Å². The van der Waals surface area contributed by atoms with E-state index < -0.39 is 0 Å². The summed E-state index contributed by atoms with van der Waals surface area (Å²) in [6, 6.07) is 0.602. The van der Waals surface area contributed by atoms with Crippen molar-refractivity contribution < 1.29 is 0 Å². The van der Waals surface area contributed by atoms with Gasteiger partial charge >= 0.3 is 0 Å². The molecule has 1 saturated carbocycles. The summed E-state index contributed by atoms with van der Waals surface area (Å²) in [5.74, 6) is 1.82. The molecule has 4 heteroatoms. The molecule has 1 heterocycles. The van der Waals surface area contributed by atoms with Crippen molar-refractivity contribution in [3.63, 3.8) is 0 Å². The molecule has 0 unspecified atom stereocenters. The fourth-order valence-electron chi connectivity index (χ4n) is 1.51. The third-order valence-corrected chi connectivity index (χ3v) is 2.55. The molecule has 14 heavy (non-hydrogen) atoms. The van der Waals surface area contributed by atoms with E-state index in [1.54, 1.807) is 12.4 Å². The van der Waals surface area contributed by atoms with Gasteiger partial charge in [0.25, 0.3) is 0 Å². The molecule has 1 aliphatic rings. The molecular weight excluding hydrogens is 176 g/mol.